The van der Waals surface area contributed by atoms with Crippen LogP contribution in [0.15, 0.2) is 24.3 Å². The van der Waals surface area contributed by atoms with Gasteiger partial charge in [0.1, 0.15) is 6.10 Å². The Hall–Kier alpha value is -1.84. The quantitative estimate of drug-likeness (QED) is 0.750. The zero-order valence-electron chi connectivity index (χ0n) is 15.5. The number of carbonyl (C=O) groups is 2. The maximum Gasteiger partial charge on any atom is 0.307 e. The van der Waals surface area contributed by atoms with Crippen molar-refractivity contribution in [2.24, 2.45) is 17.8 Å². The molecule has 138 valence electrons. The Morgan fingerprint density at radius 3 is 2.40 bits per heavy atom. The van der Waals surface area contributed by atoms with Gasteiger partial charge in [-0.05, 0) is 48.1 Å². The maximum atomic E-state index is 12.3. The summed E-state index contributed by atoms with van der Waals surface area (Å²) in [5.41, 5.74) is 1.80. The molecule has 1 aromatic rings. The molecule has 1 aromatic carbocycles. The number of carboxylic acid groups (broad SMARTS) is 1. The highest BCUT2D eigenvalue weighted by atomic mass is 16.5. The van der Waals surface area contributed by atoms with E-state index < -0.39 is 5.97 Å². The van der Waals surface area contributed by atoms with Gasteiger partial charge in [-0.3, -0.25) is 9.59 Å². The fourth-order valence-electron chi connectivity index (χ4n) is 3.72. The molecule has 1 aliphatic carbocycles. The number of aryl methyl sites for hydroxylation is 1. The minimum atomic E-state index is -0.835. The van der Waals surface area contributed by atoms with Crippen molar-refractivity contribution in [1.29, 1.82) is 0 Å². The van der Waals surface area contributed by atoms with Gasteiger partial charge in [-0.2, -0.15) is 0 Å². The van der Waals surface area contributed by atoms with Crippen molar-refractivity contribution in [2.45, 2.75) is 65.4 Å². The van der Waals surface area contributed by atoms with Gasteiger partial charge < -0.3 is 9.84 Å². The number of ether oxygens (including phenoxy) is 1. The Labute approximate surface area is 150 Å². The molecule has 0 spiro atoms. The van der Waals surface area contributed by atoms with Gasteiger partial charge in [0.2, 0.25) is 0 Å². The second kappa shape index (κ2) is 9.02. The Balaban J connectivity index is 1.84. The molecule has 2 rings (SSSR count). The first-order chi connectivity index (χ1) is 11.8. The number of benzene rings is 1. The summed E-state index contributed by atoms with van der Waals surface area (Å²) in [6.07, 6.45) is 4.40. The Bertz CT molecular complexity index is 576. The van der Waals surface area contributed by atoms with E-state index in [1.807, 2.05) is 24.3 Å². The first-order valence-electron chi connectivity index (χ1n) is 9.34. The van der Waals surface area contributed by atoms with Gasteiger partial charge in [-0.1, -0.05) is 51.5 Å². The fraction of sp³-hybridized carbons (Fsp3) is 0.619. The number of hydrogen-bond acceptors (Lipinski definition) is 3. The van der Waals surface area contributed by atoms with Crippen LogP contribution in [0.2, 0.25) is 0 Å². The molecule has 0 radical (unpaired) electrons. The van der Waals surface area contributed by atoms with Gasteiger partial charge in [0, 0.05) is 6.42 Å². The van der Waals surface area contributed by atoms with Crippen LogP contribution in [-0.2, 0) is 27.2 Å². The molecular weight excluding hydrogens is 316 g/mol. The van der Waals surface area contributed by atoms with E-state index in [0.29, 0.717) is 30.6 Å². The van der Waals surface area contributed by atoms with E-state index in [2.05, 4.69) is 20.8 Å². The van der Waals surface area contributed by atoms with Gasteiger partial charge in [-0.25, -0.2) is 0 Å². The van der Waals surface area contributed by atoms with Crippen LogP contribution in [-0.4, -0.2) is 23.1 Å². The van der Waals surface area contributed by atoms with Crippen LogP contribution in [0.25, 0.3) is 0 Å². The molecule has 0 saturated heterocycles. The second-order valence-corrected chi connectivity index (χ2v) is 7.74. The molecule has 1 saturated carbocycles. The van der Waals surface area contributed by atoms with E-state index in [9.17, 15) is 9.59 Å². The molecule has 3 atom stereocenters. The summed E-state index contributed by atoms with van der Waals surface area (Å²) in [5, 5.41) is 8.79. The molecule has 0 unspecified atom stereocenters. The molecule has 4 nitrogen and oxygen atoms in total. The smallest absolute Gasteiger partial charge is 0.307 e. The van der Waals surface area contributed by atoms with E-state index in [0.717, 1.165) is 24.0 Å². The van der Waals surface area contributed by atoms with Gasteiger partial charge in [-0.15, -0.1) is 0 Å². The van der Waals surface area contributed by atoms with Crippen LogP contribution >= 0.6 is 0 Å². The Kier molecular flexibility index (Phi) is 7.03. The average Bonchev–Trinajstić information content (AvgIpc) is 2.53. The minimum Gasteiger partial charge on any atom is -0.481 e. The van der Waals surface area contributed by atoms with Crippen molar-refractivity contribution in [3.63, 3.8) is 0 Å². The molecule has 0 heterocycles. The highest BCUT2D eigenvalue weighted by molar-refractivity contribution is 5.70. The Morgan fingerprint density at radius 2 is 1.80 bits per heavy atom. The third-order valence-electron chi connectivity index (χ3n) is 5.24. The van der Waals surface area contributed by atoms with Crippen LogP contribution in [0.1, 0.15) is 57.6 Å². The predicted molar refractivity (Wildman–Crippen MR) is 97.3 cm³/mol. The molecule has 1 N–H and O–H groups in total. The number of carbonyl (C=O) groups excluding carboxylic acids is 1. The number of esters is 1. The number of hydrogen-bond donors (Lipinski definition) is 1. The van der Waals surface area contributed by atoms with Crippen LogP contribution < -0.4 is 0 Å². The van der Waals surface area contributed by atoms with E-state index in [1.54, 1.807) is 0 Å². The highest BCUT2D eigenvalue weighted by Gasteiger charge is 2.33. The normalized spacial score (nSPS) is 23.4. The van der Waals surface area contributed by atoms with Crippen molar-refractivity contribution in [2.75, 3.05) is 0 Å². The summed E-state index contributed by atoms with van der Waals surface area (Å²) < 4.78 is 5.82. The molecule has 4 heteroatoms. The van der Waals surface area contributed by atoms with E-state index in [1.165, 1.54) is 6.42 Å². The lowest BCUT2D eigenvalue weighted by molar-refractivity contribution is -0.155. The lowest BCUT2D eigenvalue weighted by Crippen LogP contribution is -2.35. The van der Waals surface area contributed by atoms with E-state index >= 15 is 0 Å². The minimum absolute atomic E-state index is 0.0266. The molecule has 1 aliphatic rings. The second-order valence-electron chi connectivity index (χ2n) is 7.74. The van der Waals surface area contributed by atoms with Crippen molar-refractivity contribution in [3.05, 3.63) is 35.4 Å². The zero-order chi connectivity index (χ0) is 18.4. The zero-order valence-corrected chi connectivity index (χ0v) is 15.5. The van der Waals surface area contributed by atoms with Crippen molar-refractivity contribution < 1.29 is 19.4 Å². The third kappa shape index (κ3) is 6.18. The highest BCUT2D eigenvalue weighted by Crippen LogP contribution is 2.35. The summed E-state index contributed by atoms with van der Waals surface area (Å²) in [5.74, 6) is 0.661. The SMILES string of the molecule is CC(C)[C@@H]1CC[C@@H](C)C[C@H]1OC(=O)CCc1ccc(CC(=O)O)cc1. The van der Waals surface area contributed by atoms with Gasteiger partial charge in [0.05, 0.1) is 6.42 Å². The van der Waals surface area contributed by atoms with Gasteiger partial charge in [0.15, 0.2) is 0 Å². The number of rotatable bonds is 7. The standard InChI is InChI=1S/C21H30O4/c1-14(2)18-10-4-15(3)12-19(18)25-21(24)11-9-16-5-7-17(8-6-16)13-20(22)23/h5-8,14-15,18-19H,4,9-13H2,1-3H3,(H,22,23)/t15-,18+,19-/m1/s1. The van der Waals surface area contributed by atoms with Crippen LogP contribution in [0.5, 0.6) is 0 Å². The summed E-state index contributed by atoms with van der Waals surface area (Å²) in [4.78, 5) is 23.0. The molecule has 25 heavy (non-hydrogen) atoms. The van der Waals surface area contributed by atoms with Crippen molar-refractivity contribution in [3.8, 4) is 0 Å². The summed E-state index contributed by atoms with van der Waals surface area (Å²) in [6.45, 7) is 6.65. The predicted octanol–water partition coefficient (Wildman–Crippen LogP) is 4.25. The summed E-state index contributed by atoms with van der Waals surface area (Å²) in [6, 6.07) is 7.41. The van der Waals surface area contributed by atoms with Crippen LogP contribution in [0.3, 0.4) is 0 Å². The summed E-state index contributed by atoms with van der Waals surface area (Å²) in [7, 11) is 0. The average molecular weight is 346 g/mol. The van der Waals surface area contributed by atoms with Crippen molar-refractivity contribution >= 4 is 11.9 Å². The first-order valence-corrected chi connectivity index (χ1v) is 9.34. The van der Waals surface area contributed by atoms with Gasteiger partial charge >= 0.3 is 11.9 Å². The van der Waals surface area contributed by atoms with E-state index in [-0.39, 0.29) is 18.5 Å². The Morgan fingerprint density at radius 1 is 1.16 bits per heavy atom. The lowest BCUT2D eigenvalue weighted by Gasteiger charge is -2.36. The number of aliphatic carboxylic acids is 1. The summed E-state index contributed by atoms with van der Waals surface area (Å²) >= 11 is 0. The maximum absolute atomic E-state index is 12.3. The van der Waals surface area contributed by atoms with E-state index in [4.69, 9.17) is 9.84 Å². The topological polar surface area (TPSA) is 63.6 Å². The molecule has 1 fully saturated rings. The molecule has 0 bridgehead atoms. The lowest BCUT2D eigenvalue weighted by atomic mass is 9.75. The largest absolute Gasteiger partial charge is 0.481 e. The molecule has 0 aliphatic heterocycles. The molecule has 0 aromatic heterocycles. The van der Waals surface area contributed by atoms with Gasteiger partial charge in [0.25, 0.3) is 0 Å². The number of carboxylic acids is 1. The molecule has 0 amide bonds. The van der Waals surface area contributed by atoms with Crippen LogP contribution in [0, 0.1) is 17.8 Å². The monoisotopic (exact) mass is 346 g/mol. The first kappa shape index (κ1) is 19.5. The van der Waals surface area contributed by atoms with Crippen molar-refractivity contribution in [1.82, 2.24) is 0 Å². The fourth-order valence-corrected chi connectivity index (χ4v) is 3.72. The van der Waals surface area contributed by atoms with Crippen LogP contribution in [0.4, 0.5) is 0 Å². The third-order valence-corrected chi connectivity index (χ3v) is 5.24. The molecular formula is C21H30O4.